The number of rotatable bonds is 4. The fourth-order valence-corrected chi connectivity index (χ4v) is 2.51. The average Bonchev–Trinajstić information content (AvgIpc) is 2.91. The van der Waals surface area contributed by atoms with Gasteiger partial charge in [0.15, 0.2) is 0 Å². The molecule has 1 N–H and O–H groups in total. The van der Waals surface area contributed by atoms with Crippen LogP contribution in [0.2, 0.25) is 0 Å². The van der Waals surface area contributed by atoms with Crippen LogP contribution in [0.25, 0.3) is 16.7 Å². The first kappa shape index (κ1) is 13.6. The van der Waals surface area contributed by atoms with Crippen LogP contribution < -0.4 is 0 Å². The number of hydrogen-bond acceptors (Lipinski definition) is 3. The van der Waals surface area contributed by atoms with Gasteiger partial charge in [0, 0.05) is 0 Å². The Bertz CT molecular complexity index is 744. The summed E-state index contributed by atoms with van der Waals surface area (Å²) in [5.41, 5.74) is 4.38. The minimum absolute atomic E-state index is 0.286. The molecule has 21 heavy (non-hydrogen) atoms. The molecule has 3 rings (SSSR count). The summed E-state index contributed by atoms with van der Waals surface area (Å²) in [5.74, 6) is 0.286. The number of hydrogen-bond donors (Lipinski definition) is 1. The van der Waals surface area contributed by atoms with E-state index in [1.54, 1.807) is 0 Å². The van der Waals surface area contributed by atoms with Crippen molar-refractivity contribution in [3.63, 3.8) is 0 Å². The van der Waals surface area contributed by atoms with Gasteiger partial charge in [-0.2, -0.15) is 0 Å². The number of aromatic hydroxyl groups is 1. The molecule has 0 aliphatic rings. The standard InChI is InChI=1S/C17H19N3O/c1-3-4-7-13-10-12(2)11-16(17(13)21)20-18-14-8-5-6-9-15(14)19-20/h5-6,8-11,21H,3-4,7H2,1-2H3. The Morgan fingerprint density at radius 2 is 1.76 bits per heavy atom. The monoisotopic (exact) mass is 281 g/mol. The second kappa shape index (κ2) is 5.56. The van der Waals surface area contributed by atoms with Gasteiger partial charge in [-0.15, -0.1) is 15.0 Å². The highest BCUT2D eigenvalue weighted by Gasteiger charge is 2.13. The Kier molecular flexibility index (Phi) is 3.60. The van der Waals surface area contributed by atoms with Gasteiger partial charge in [0.2, 0.25) is 0 Å². The molecule has 0 aliphatic carbocycles. The van der Waals surface area contributed by atoms with Crippen molar-refractivity contribution in [2.75, 3.05) is 0 Å². The lowest BCUT2D eigenvalue weighted by molar-refractivity contribution is 0.459. The molecule has 0 fully saturated rings. The minimum Gasteiger partial charge on any atom is -0.505 e. The molecule has 0 saturated heterocycles. The summed E-state index contributed by atoms with van der Waals surface area (Å²) >= 11 is 0. The maximum absolute atomic E-state index is 10.5. The van der Waals surface area contributed by atoms with Crippen molar-refractivity contribution in [2.45, 2.75) is 33.1 Å². The lowest BCUT2D eigenvalue weighted by Crippen LogP contribution is -2.02. The summed E-state index contributed by atoms with van der Waals surface area (Å²) in [4.78, 5) is 1.53. The van der Waals surface area contributed by atoms with Crippen LogP contribution in [0.3, 0.4) is 0 Å². The summed E-state index contributed by atoms with van der Waals surface area (Å²) in [6.07, 6.45) is 3.04. The molecule has 4 heteroatoms. The minimum atomic E-state index is 0.286. The van der Waals surface area contributed by atoms with E-state index in [4.69, 9.17) is 0 Å². The first-order chi connectivity index (χ1) is 10.2. The predicted octanol–water partition coefficient (Wildman–Crippen LogP) is 3.78. The van der Waals surface area contributed by atoms with E-state index in [1.165, 1.54) is 4.80 Å². The van der Waals surface area contributed by atoms with Gasteiger partial charge in [-0.3, -0.25) is 0 Å². The lowest BCUT2D eigenvalue weighted by Gasteiger charge is -2.10. The zero-order valence-corrected chi connectivity index (χ0v) is 12.4. The van der Waals surface area contributed by atoms with Gasteiger partial charge < -0.3 is 5.11 Å². The molecular weight excluding hydrogens is 262 g/mol. The van der Waals surface area contributed by atoms with E-state index >= 15 is 0 Å². The molecule has 3 aromatic rings. The smallest absolute Gasteiger partial charge is 0.146 e. The molecule has 0 bridgehead atoms. The van der Waals surface area contributed by atoms with Crippen molar-refractivity contribution in [2.24, 2.45) is 0 Å². The molecule has 0 aliphatic heterocycles. The topological polar surface area (TPSA) is 50.9 Å². The maximum Gasteiger partial charge on any atom is 0.146 e. The van der Waals surface area contributed by atoms with E-state index in [-0.39, 0.29) is 5.75 Å². The third-order valence-electron chi connectivity index (χ3n) is 3.61. The molecule has 1 aromatic heterocycles. The summed E-state index contributed by atoms with van der Waals surface area (Å²) in [7, 11) is 0. The van der Waals surface area contributed by atoms with Crippen LogP contribution in [0.15, 0.2) is 36.4 Å². The fourth-order valence-electron chi connectivity index (χ4n) is 2.51. The number of aryl methyl sites for hydroxylation is 2. The Labute approximate surface area is 124 Å². The van der Waals surface area contributed by atoms with Crippen molar-refractivity contribution in [1.82, 2.24) is 15.0 Å². The summed E-state index contributed by atoms with van der Waals surface area (Å²) in [6.45, 7) is 4.18. The molecule has 4 nitrogen and oxygen atoms in total. The lowest BCUT2D eigenvalue weighted by atomic mass is 10.0. The van der Waals surface area contributed by atoms with Crippen LogP contribution in [-0.2, 0) is 6.42 Å². The van der Waals surface area contributed by atoms with Crippen LogP contribution >= 0.6 is 0 Å². The van der Waals surface area contributed by atoms with Crippen molar-refractivity contribution < 1.29 is 5.11 Å². The Hall–Kier alpha value is -2.36. The molecule has 2 aromatic carbocycles. The van der Waals surface area contributed by atoms with Gasteiger partial charge in [-0.05, 0) is 49.1 Å². The number of unbranched alkanes of at least 4 members (excludes halogenated alkanes) is 1. The second-order valence-electron chi connectivity index (χ2n) is 5.37. The maximum atomic E-state index is 10.5. The van der Waals surface area contributed by atoms with E-state index in [2.05, 4.69) is 17.1 Å². The Balaban J connectivity index is 2.10. The zero-order chi connectivity index (χ0) is 14.8. The van der Waals surface area contributed by atoms with Crippen LogP contribution in [-0.4, -0.2) is 20.1 Å². The molecular formula is C17H19N3O. The SMILES string of the molecule is CCCCc1cc(C)cc(-n2nc3ccccc3n2)c1O. The van der Waals surface area contributed by atoms with Crippen LogP contribution in [0.5, 0.6) is 5.75 Å². The van der Waals surface area contributed by atoms with Crippen molar-refractivity contribution in [3.8, 4) is 11.4 Å². The number of benzene rings is 2. The van der Waals surface area contributed by atoms with E-state index in [9.17, 15) is 5.11 Å². The largest absolute Gasteiger partial charge is 0.505 e. The first-order valence-electron chi connectivity index (χ1n) is 7.34. The normalized spacial score (nSPS) is 11.1. The number of fused-ring (bicyclic) bond motifs is 1. The summed E-state index contributed by atoms with van der Waals surface area (Å²) in [5, 5.41) is 19.4. The number of nitrogens with zero attached hydrogens (tertiary/aromatic N) is 3. The molecule has 0 radical (unpaired) electrons. The fraction of sp³-hybridized carbons (Fsp3) is 0.294. The van der Waals surface area contributed by atoms with Crippen molar-refractivity contribution >= 4 is 11.0 Å². The molecule has 108 valence electrons. The molecule has 1 heterocycles. The van der Waals surface area contributed by atoms with E-state index in [1.807, 2.05) is 43.3 Å². The van der Waals surface area contributed by atoms with E-state index in [0.29, 0.717) is 5.69 Å². The van der Waals surface area contributed by atoms with Gasteiger partial charge in [-0.25, -0.2) is 0 Å². The number of aromatic nitrogens is 3. The molecule has 0 unspecified atom stereocenters. The van der Waals surface area contributed by atoms with Gasteiger partial charge in [0.25, 0.3) is 0 Å². The van der Waals surface area contributed by atoms with E-state index in [0.717, 1.165) is 41.4 Å². The summed E-state index contributed by atoms with van der Waals surface area (Å²) in [6, 6.07) is 11.7. The van der Waals surface area contributed by atoms with Crippen LogP contribution in [0.1, 0.15) is 30.9 Å². The number of phenolic OH excluding ortho intramolecular Hbond substituents is 1. The highest BCUT2D eigenvalue weighted by Crippen LogP contribution is 2.29. The van der Waals surface area contributed by atoms with Crippen molar-refractivity contribution in [3.05, 3.63) is 47.5 Å². The third-order valence-corrected chi connectivity index (χ3v) is 3.61. The van der Waals surface area contributed by atoms with Crippen molar-refractivity contribution in [1.29, 1.82) is 0 Å². The molecule has 0 saturated carbocycles. The van der Waals surface area contributed by atoms with Crippen LogP contribution in [0, 0.1) is 6.92 Å². The second-order valence-corrected chi connectivity index (χ2v) is 5.37. The Morgan fingerprint density at radius 1 is 1.10 bits per heavy atom. The molecule has 0 spiro atoms. The van der Waals surface area contributed by atoms with Gasteiger partial charge in [0.1, 0.15) is 22.5 Å². The number of phenols is 1. The quantitative estimate of drug-likeness (QED) is 0.791. The third kappa shape index (κ3) is 2.61. The summed E-state index contributed by atoms with van der Waals surface area (Å²) < 4.78 is 0. The van der Waals surface area contributed by atoms with Gasteiger partial charge >= 0.3 is 0 Å². The van der Waals surface area contributed by atoms with Gasteiger partial charge in [0.05, 0.1) is 0 Å². The van der Waals surface area contributed by atoms with Gasteiger partial charge in [-0.1, -0.05) is 31.5 Å². The highest BCUT2D eigenvalue weighted by atomic mass is 16.3. The zero-order valence-electron chi connectivity index (χ0n) is 12.4. The first-order valence-corrected chi connectivity index (χ1v) is 7.34. The Morgan fingerprint density at radius 3 is 2.38 bits per heavy atom. The molecule has 0 atom stereocenters. The van der Waals surface area contributed by atoms with E-state index < -0.39 is 0 Å². The average molecular weight is 281 g/mol. The predicted molar refractivity (Wildman–Crippen MR) is 83.9 cm³/mol. The molecule has 0 amide bonds. The highest BCUT2D eigenvalue weighted by molar-refractivity contribution is 5.73. The van der Waals surface area contributed by atoms with Crippen LogP contribution in [0.4, 0.5) is 0 Å².